The number of carbonyl (C=O) groups is 1. The summed E-state index contributed by atoms with van der Waals surface area (Å²) in [4.78, 5) is 11.5. The second kappa shape index (κ2) is 8.20. The van der Waals surface area contributed by atoms with E-state index in [0.29, 0.717) is 23.4 Å². The van der Waals surface area contributed by atoms with Gasteiger partial charge in [-0.15, -0.1) is 5.10 Å². The summed E-state index contributed by atoms with van der Waals surface area (Å²) >= 11 is 0. The summed E-state index contributed by atoms with van der Waals surface area (Å²) < 4.78 is 20.2. The summed E-state index contributed by atoms with van der Waals surface area (Å²) in [5.41, 5.74) is 2.92. The van der Waals surface area contributed by atoms with Gasteiger partial charge in [0.05, 0.1) is 19.3 Å². The van der Waals surface area contributed by atoms with Crippen LogP contribution < -0.4 is 0 Å². The van der Waals surface area contributed by atoms with Crippen LogP contribution in [0, 0.1) is 5.82 Å². The first-order chi connectivity index (χ1) is 12.7. The Kier molecular flexibility index (Phi) is 5.53. The number of rotatable bonds is 6. The predicted octanol–water partition coefficient (Wildman–Crippen LogP) is 3.71. The standard InChI is InChI=1S/C20H18FN3O2/c1-2-26-20(25)11-8-16-12-17(21)9-10-18(16)19-14-24(23-22-19)13-15-6-4-3-5-7-15/h3-12,14H,2,13H2,1H3/b11-8+. The number of nitrogens with zero attached hydrogens (tertiary/aromatic N) is 3. The van der Waals surface area contributed by atoms with Crippen molar-refractivity contribution < 1.29 is 13.9 Å². The highest BCUT2D eigenvalue weighted by atomic mass is 19.1. The maximum absolute atomic E-state index is 13.6. The number of esters is 1. The summed E-state index contributed by atoms with van der Waals surface area (Å²) in [5, 5.41) is 8.31. The zero-order chi connectivity index (χ0) is 18.4. The number of halogens is 1. The number of benzene rings is 2. The van der Waals surface area contributed by atoms with Crippen LogP contribution in [0.15, 0.2) is 60.8 Å². The van der Waals surface area contributed by atoms with Crippen LogP contribution in [0.1, 0.15) is 18.1 Å². The van der Waals surface area contributed by atoms with Crippen LogP contribution in [0.25, 0.3) is 17.3 Å². The summed E-state index contributed by atoms with van der Waals surface area (Å²) in [6.45, 7) is 2.60. The Labute approximate surface area is 150 Å². The fourth-order valence-electron chi connectivity index (χ4n) is 2.52. The van der Waals surface area contributed by atoms with Gasteiger partial charge in [-0.1, -0.05) is 35.5 Å². The molecule has 5 nitrogen and oxygen atoms in total. The molecule has 6 heteroatoms. The number of hydrogen-bond acceptors (Lipinski definition) is 4. The van der Waals surface area contributed by atoms with Crippen LogP contribution in [0.3, 0.4) is 0 Å². The van der Waals surface area contributed by atoms with E-state index in [1.807, 2.05) is 30.3 Å². The summed E-state index contributed by atoms with van der Waals surface area (Å²) in [7, 11) is 0. The maximum atomic E-state index is 13.6. The van der Waals surface area contributed by atoms with E-state index in [1.54, 1.807) is 23.9 Å². The normalized spacial score (nSPS) is 11.0. The Balaban J connectivity index is 1.86. The Morgan fingerprint density at radius 1 is 1.23 bits per heavy atom. The molecule has 0 aliphatic heterocycles. The molecule has 0 aliphatic rings. The van der Waals surface area contributed by atoms with Crippen molar-refractivity contribution in [3.8, 4) is 11.3 Å². The molecule has 0 amide bonds. The van der Waals surface area contributed by atoms with E-state index >= 15 is 0 Å². The molecule has 3 aromatic rings. The molecule has 0 atom stereocenters. The van der Waals surface area contributed by atoms with E-state index in [0.717, 1.165) is 5.56 Å². The van der Waals surface area contributed by atoms with Crippen LogP contribution >= 0.6 is 0 Å². The summed E-state index contributed by atoms with van der Waals surface area (Å²) in [6.07, 6.45) is 4.59. The third kappa shape index (κ3) is 4.42. The molecular formula is C20H18FN3O2. The average molecular weight is 351 g/mol. The monoisotopic (exact) mass is 351 g/mol. The molecule has 1 aromatic heterocycles. The van der Waals surface area contributed by atoms with Gasteiger partial charge < -0.3 is 4.74 Å². The lowest BCUT2D eigenvalue weighted by Gasteiger charge is -2.03. The first-order valence-electron chi connectivity index (χ1n) is 8.24. The van der Waals surface area contributed by atoms with E-state index in [1.165, 1.54) is 24.3 Å². The van der Waals surface area contributed by atoms with Crippen molar-refractivity contribution in [1.29, 1.82) is 0 Å². The fourth-order valence-corrected chi connectivity index (χ4v) is 2.52. The van der Waals surface area contributed by atoms with Gasteiger partial charge in [0.2, 0.25) is 0 Å². The third-order valence-electron chi connectivity index (χ3n) is 3.70. The van der Waals surface area contributed by atoms with Gasteiger partial charge in [0.1, 0.15) is 11.5 Å². The molecule has 0 radical (unpaired) electrons. The Morgan fingerprint density at radius 3 is 2.81 bits per heavy atom. The van der Waals surface area contributed by atoms with E-state index in [9.17, 15) is 9.18 Å². The smallest absolute Gasteiger partial charge is 0.330 e. The fraction of sp³-hybridized carbons (Fsp3) is 0.150. The molecule has 0 spiro atoms. The SMILES string of the molecule is CCOC(=O)/C=C/c1cc(F)ccc1-c1cn(Cc2ccccc2)nn1. The topological polar surface area (TPSA) is 57.0 Å². The van der Waals surface area contributed by atoms with Gasteiger partial charge in [0, 0.05) is 11.6 Å². The molecule has 0 bridgehead atoms. The highest BCUT2D eigenvalue weighted by Gasteiger charge is 2.10. The lowest BCUT2D eigenvalue weighted by molar-refractivity contribution is -0.137. The molecule has 0 aliphatic carbocycles. The van der Waals surface area contributed by atoms with Gasteiger partial charge in [-0.05, 0) is 42.3 Å². The molecule has 132 valence electrons. The minimum Gasteiger partial charge on any atom is -0.463 e. The van der Waals surface area contributed by atoms with Gasteiger partial charge in [-0.2, -0.15) is 0 Å². The largest absolute Gasteiger partial charge is 0.463 e. The lowest BCUT2D eigenvalue weighted by Crippen LogP contribution is -1.99. The van der Waals surface area contributed by atoms with Crippen LogP contribution in [0.2, 0.25) is 0 Å². The molecule has 0 N–H and O–H groups in total. The highest BCUT2D eigenvalue weighted by molar-refractivity contribution is 5.88. The Morgan fingerprint density at radius 2 is 2.04 bits per heavy atom. The molecule has 0 fully saturated rings. The first-order valence-corrected chi connectivity index (χ1v) is 8.24. The minimum absolute atomic E-state index is 0.285. The molecular weight excluding hydrogens is 333 g/mol. The van der Waals surface area contributed by atoms with Gasteiger partial charge in [0.25, 0.3) is 0 Å². The Hall–Kier alpha value is -3.28. The van der Waals surface area contributed by atoms with E-state index in [-0.39, 0.29) is 6.61 Å². The molecule has 3 rings (SSSR count). The van der Waals surface area contributed by atoms with Crippen molar-refractivity contribution in [3.63, 3.8) is 0 Å². The van der Waals surface area contributed by atoms with Crippen molar-refractivity contribution in [2.75, 3.05) is 6.61 Å². The van der Waals surface area contributed by atoms with Crippen molar-refractivity contribution in [2.45, 2.75) is 13.5 Å². The minimum atomic E-state index is -0.476. The van der Waals surface area contributed by atoms with Gasteiger partial charge in [-0.3, -0.25) is 0 Å². The zero-order valence-electron chi connectivity index (χ0n) is 14.3. The van der Waals surface area contributed by atoms with Crippen LogP contribution in [0.4, 0.5) is 4.39 Å². The second-order valence-electron chi connectivity index (χ2n) is 5.60. The predicted molar refractivity (Wildman–Crippen MR) is 96.6 cm³/mol. The third-order valence-corrected chi connectivity index (χ3v) is 3.70. The summed E-state index contributed by atoms with van der Waals surface area (Å²) in [5.74, 6) is -0.871. The number of hydrogen-bond donors (Lipinski definition) is 0. The lowest BCUT2D eigenvalue weighted by atomic mass is 10.0. The van der Waals surface area contributed by atoms with E-state index < -0.39 is 11.8 Å². The van der Waals surface area contributed by atoms with Crippen molar-refractivity contribution in [2.24, 2.45) is 0 Å². The molecule has 0 saturated carbocycles. The quantitative estimate of drug-likeness (QED) is 0.502. The highest BCUT2D eigenvalue weighted by Crippen LogP contribution is 2.24. The first kappa shape index (κ1) is 17.5. The molecule has 0 saturated heterocycles. The summed E-state index contributed by atoms with van der Waals surface area (Å²) in [6, 6.07) is 14.2. The van der Waals surface area contributed by atoms with Crippen molar-refractivity contribution in [3.05, 3.63) is 77.7 Å². The van der Waals surface area contributed by atoms with Gasteiger partial charge in [0.15, 0.2) is 0 Å². The van der Waals surface area contributed by atoms with Gasteiger partial charge >= 0.3 is 5.97 Å². The maximum Gasteiger partial charge on any atom is 0.330 e. The molecule has 1 heterocycles. The average Bonchev–Trinajstić information content (AvgIpc) is 3.09. The van der Waals surface area contributed by atoms with E-state index in [4.69, 9.17) is 4.74 Å². The molecule has 2 aromatic carbocycles. The Bertz CT molecular complexity index is 920. The van der Waals surface area contributed by atoms with E-state index in [2.05, 4.69) is 10.3 Å². The van der Waals surface area contributed by atoms with Crippen molar-refractivity contribution >= 4 is 12.0 Å². The van der Waals surface area contributed by atoms with Gasteiger partial charge in [-0.25, -0.2) is 13.9 Å². The number of aromatic nitrogens is 3. The number of carbonyl (C=O) groups excluding carboxylic acids is 1. The zero-order valence-corrected chi connectivity index (χ0v) is 14.3. The van der Waals surface area contributed by atoms with Crippen molar-refractivity contribution in [1.82, 2.24) is 15.0 Å². The van der Waals surface area contributed by atoms with Crippen LogP contribution in [0.5, 0.6) is 0 Å². The number of ether oxygens (including phenoxy) is 1. The van der Waals surface area contributed by atoms with Crippen LogP contribution in [-0.4, -0.2) is 27.6 Å². The second-order valence-corrected chi connectivity index (χ2v) is 5.60. The van der Waals surface area contributed by atoms with Crippen LogP contribution in [-0.2, 0) is 16.1 Å². The molecule has 0 unspecified atom stereocenters. The molecule has 26 heavy (non-hydrogen) atoms.